The number of rotatable bonds is 3. The SMILES string of the molecule is CCc1ccc(NC(=O)c2ccccc2S)cc1. The second-order valence-corrected chi connectivity index (χ2v) is 4.50. The van der Waals surface area contributed by atoms with Crippen molar-refractivity contribution in [3.63, 3.8) is 0 Å². The molecule has 18 heavy (non-hydrogen) atoms. The van der Waals surface area contributed by atoms with Crippen LogP contribution in [-0.4, -0.2) is 5.91 Å². The summed E-state index contributed by atoms with van der Waals surface area (Å²) >= 11 is 4.27. The minimum absolute atomic E-state index is 0.134. The lowest BCUT2D eigenvalue weighted by molar-refractivity contribution is 0.102. The first-order valence-corrected chi connectivity index (χ1v) is 6.33. The Hall–Kier alpha value is -1.74. The third-order valence-electron chi connectivity index (χ3n) is 2.77. The van der Waals surface area contributed by atoms with Gasteiger partial charge in [-0.3, -0.25) is 4.79 Å². The first-order valence-electron chi connectivity index (χ1n) is 5.89. The molecular weight excluding hydrogens is 242 g/mol. The van der Waals surface area contributed by atoms with Gasteiger partial charge in [-0.25, -0.2) is 0 Å². The summed E-state index contributed by atoms with van der Waals surface area (Å²) in [6, 6.07) is 15.1. The van der Waals surface area contributed by atoms with E-state index in [1.807, 2.05) is 36.4 Å². The van der Waals surface area contributed by atoms with Crippen LogP contribution in [0.3, 0.4) is 0 Å². The summed E-state index contributed by atoms with van der Waals surface area (Å²) in [5.41, 5.74) is 2.64. The van der Waals surface area contributed by atoms with Crippen molar-refractivity contribution in [3.05, 3.63) is 59.7 Å². The number of benzene rings is 2. The number of aryl methyl sites for hydroxylation is 1. The smallest absolute Gasteiger partial charge is 0.256 e. The van der Waals surface area contributed by atoms with Gasteiger partial charge in [-0.15, -0.1) is 12.6 Å². The van der Waals surface area contributed by atoms with Gasteiger partial charge in [0.15, 0.2) is 0 Å². The summed E-state index contributed by atoms with van der Waals surface area (Å²) < 4.78 is 0. The predicted octanol–water partition coefficient (Wildman–Crippen LogP) is 3.79. The molecule has 0 fully saturated rings. The molecule has 92 valence electrons. The lowest BCUT2D eigenvalue weighted by Gasteiger charge is -2.07. The number of thiol groups is 1. The van der Waals surface area contributed by atoms with Crippen molar-refractivity contribution in [2.75, 3.05) is 5.32 Å². The highest BCUT2D eigenvalue weighted by atomic mass is 32.1. The van der Waals surface area contributed by atoms with Gasteiger partial charge in [0.2, 0.25) is 0 Å². The molecule has 0 saturated carbocycles. The molecule has 0 atom stereocenters. The van der Waals surface area contributed by atoms with Gasteiger partial charge in [-0.05, 0) is 36.2 Å². The summed E-state index contributed by atoms with van der Waals surface area (Å²) in [7, 11) is 0. The molecule has 3 heteroatoms. The maximum absolute atomic E-state index is 12.0. The van der Waals surface area contributed by atoms with Crippen molar-refractivity contribution < 1.29 is 4.79 Å². The first-order chi connectivity index (χ1) is 8.70. The molecule has 0 heterocycles. The molecule has 1 N–H and O–H groups in total. The minimum atomic E-state index is -0.134. The number of carbonyl (C=O) groups excluding carboxylic acids is 1. The van der Waals surface area contributed by atoms with Gasteiger partial charge in [-0.1, -0.05) is 31.2 Å². The van der Waals surface area contributed by atoms with Crippen LogP contribution in [0.25, 0.3) is 0 Å². The second-order valence-electron chi connectivity index (χ2n) is 4.02. The number of amides is 1. The van der Waals surface area contributed by atoms with E-state index in [4.69, 9.17) is 0 Å². The van der Waals surface area contributed by atoms with E-state index in [2.05, 4.69) is 24.9 Å². The molecule has 0 spiro atoms. The van der Waals surface area contributed by atoms with Crippen LogP contribution in [0.1, 0.15) is 22.8 Å². The Morgan fingerprint density at radius 3 is 2.39 bits per heavy atom. The van der Waals surface area contributed by atoms with E-state index in [0.717, 1.165) is 12.1 Å². The van der Waals surface area contributed by atoms with Gasteiger partial charge >= 0.3 is 0 Å². The van der Waals surface area contributed by atoms with E-state index in [9.17, 15) is 4.79 Å². The van der Waals surface area contributed by atoms with E-state index < -0.39 is 0 Å². The van der Waals surface area contributed by atoms with Gasteiger partial charge < -0.3 is 5.32 Å². The van der Waals surface area contributed by atoms with Gasteiger partial charge in [0, 0.05) is 10.6 Å². The number of nitrogens with one attached hydrogen (secondary N) is 1. The zero-order valence-corrected chi connectivity index (χ0v) is 11.1. The van der Waals surface area contributed by atoms with Crippen molar-refractivity contribution in [1.29, 1.82) is 0 Å². The molecule has 2 rings (SSSR count). The number of carbonyl (C=O) groups is 1. The fraction of sp³-hybridized carbons (Fsp3) is 0.133. The quantitative estimate of drug-likeness (QED) is 0.805. The minimum Gasteiger partial charge on any atom is -0.322 e. The second kappa shape index (κ2) is 5.74. The summed E-state index contributed by atoms with van der Waals surface area (Å²) in [5, 5.41) is 2.86. The molecule has 0 aliphatic heterocycles. The average molecular weight is 257 g/mol. The van der Waals surface area contributed by atoms with Gasteiger partial charge in [0.25, 0.3) is 5.91 Å². The van der Waals surface area contributed by atoms with Crippen LogP contribution in [0.15, 0.2) is 53.4 Å². The summed E-state index contributed by atoms with van der Waals surface area (Å²) in [6.45, 7) is 2.10. The van der Waals surface area contributed by atoms with Crippen molar-refractivity contribution in [1.82, 2.24) is 0 Å². The largest absolute Gasteiger partial charge is 0.322 e. The molecule has 1 amide bonds. The number of hydrogen-bond acceptors (Lipinski definition) is 2. The predicted molar refractivity (Wildman–Crippen MR) is 77.5 cm³/mol. The molecule has 0 aliphatic carbocycles. The van der Waals surface area contributed by atoms with Crippen LogP contribution in [0.5, 0.6) is 0 Å². The van der Waals surface area contributed by atoms with Crippen LogP contribution >= 0.6 is 12.6 Å². The number of hydrogen-bond donors (Lipinski definition) is 2. The Bertz CT molecular complexity index is 549. The van der Waals surface area contributed by atoms with Crippen molar-refractivity contribution in [2.45, 2.75) is 18.2 Å². The Morgan fingerprint density at radius 2 is 1.78 bits per heavy atom. The molecule has 0 unspecified atom stereocenters. The monoisotopic (exact) mass is 257 g/mol. The number of anilines is 1. The van der Waals surface area contributed by atoms with Crippen LogP contribution in [-0.2, 0) is 6.42 Å². The van der Waals surface area contributed by atoms with Crippen LogP contribution < -0.4 is 5.32 Å². The standard InChI is InChI=1S/C15H15NOS/c1-2-11-7-9-12(10-8-11)16-15(17)13-5-3-4-6-14(13)18/h3-10,18H,2H2,1H3,(H,16,17). The summed E-state index contributed by atoms with van der Waals surface area (Å²) in [4.78, 5) is 12.7. The molecule has 2 aromatic carbocycles. The molecule has 2 nitrogen and oxygen atoms in total. The third-order valence-corrected chi connectivity index (χ3v) is 3.16. The van der Waals surface area contributed by atoms with Crippen molar-refractivity contribution >= 4 is 24.2 Å². The maximum Gasteiger partial charge on any atom is 0.256 e. The molecule has 0 bridgehead atoms. The molecule has 0 saturated heterocycles. The zero-order valence-electron chi connectivity index (χ0n) is 10.2. The normalized spacial score (nSPS) is 10.1. The van der Waals surface area contributed by atoms with Crippen LogP contribution in [0, 0.1) is 0 Å². The third kappa shape index (κ3) is 2.93. The average Bonchev–Trinajstić information content (AvgIpc) is 2.40. The van der Waals surface area contributed by atoms with E-state index in [0.29, 0.717) is 10.5 Å². The highest BCUT2D eigenvalue weighted by Gasteiger charge is 2.08. The molecule has 0 aliphatic rings. The van der Waals surface area contributed by atoms with E-state index in [1.165, 1.54) is 5.56 Å². The first kappa shape index (κ1) is 12.7. The zero-order chi connectivity index (χ0) is 13.0. The molecule has 0 radical (unpaired) electrons. The fourth-order valence-corrected chi connectivity index (χ4v) is 1.95. The lowest BCUT2D eigenvalue weighted by Crippen LogP contribution is -2.12. The molecule has 2 aromatic rings. The summed E-state index contributed by atoms with van der Waals surface area (Å²) in [6.07, 6.45) is 0.994. The van der Waals surface area contributed by atoms with Gasteiger partial charge in [0.1, 0.15) is 0 Å². The Kier molecular flexibility index (Phi) is 4.05. The van der Waals surface area contributed by atoms with Gasteiger partial charge in [0.05, 0.1) is 5.56 Å². The Labute approximate surface area is 112 Å². The Morgan fingerprint density at radius 1 is 1.11 bits per heavy atom. The van der Waals surface area contributed by atoms with Crippen molar-refractivity contribution in [3.8, 4) is 0 Å². The topological polar surface area (TPSA) is 29.1 Å². The molecule has 0 aromatic heterocycles. The maximum atomic E-state index is 12.0. The van der Waals surface area contributed by atoms with Crippen LogP contribution in [0.2, 0.25) is 0 Å². The Balaban J connectivity index is 2.14. The fourth-order valence-electron chi connectivity index (χ4n) is 1.69. The van der Waals surface area contributed by atoms with Gasteiger partial charge in [-0.2, -0.15) is 0 Å². The van der Waals surface area contributed by atoms with Crippen molar-refractivity contribution in [2.24, 2.45) is 0 Å². The summed E-state index contributed by atoms with van der Waals surface area (Å²) in [5.74, 6) is -0.134. The van der Waals surface area contributed by atoms with E-state index in [1.54, 1.807) is 12.1 Å². The highest BCUT2D eigenvalue weighted by Crippen LogP contribution is 2.16. The molecular formula is C15H15NOS. The van der Waals surface area contributed by atoms with E-state index >= 15 is 0 Å². The van der Waals surface area contributed by atoms with Crippen LogP contribution in [0.4, 0.5) is 5.69 Å². The highest BCUT2D eigenvalue weighted by molar-refractivity contribution is 7.80. The lowest BCUT2D eigenvalue weighted by atomic mass is 10.1. The van der Waals surface area contributed by atoms with E-state index in [-0.39, 0.29) is 5.91 Å².